The summed E-state index contributed by atoms with van der Waals surface area (Å²) in [5.74, 6) is 0. The Morgan fingerprint density at radius 3 is 2.00 bits per heavy atom. The smallest absolute Gasteiger partial charge is 0.210 e. The van der Waals surface area contributed by atoms with E-state index in [9.17, 15) is 8.42 Å². The zero-order valence-electron chi connectivity index (χ0n) is 24.8. The Bertz CT molecular complexity index is 1070. The predicted octanol–water partition coefficient (Wildman–Crippen LogP) is 8.22. The molecular weight excluding hydrogens is 525 g/mol. The largest absolute Gasteiger partial charge is 0.414 e. The molecule has 0 amide bonds. The quantitative estimate of drug-likeness (QED) is 0.125. The normalized spacial score (nSPS) is 20.2. The Labute approximate surface area is 238 Å². The molecule has 0 aliphatic carbocycles. The molecule has 3 atom stereocenters. The van der Waals surface area contributed by atoms with Gasteiger partial charge in [0.05, 0.1) is 18.1 Å². The summed E-state index contributed by atoms with van der Waals surface area (Å²) in [5, 5.41) is 0. The maximum Gasteiger partial charge on any atom is 0.210 e. The van der Waals surface area contributed by atoms with Gasteiger partial charge in [-0.15, -0.1) is 0 Å². The van der Waals surface area contributed by atoms with E-state index in [-0.39, 0.29) is 12.7 Å². The first-order chi connectivity index (χ1) is 18.7. The second-order valence-corrected chi connectivity index (χ2v) is 17.6. The van der Waals surface area contributed by atoms with E-state index in [1.165, 1.54) is 19.3 Å². The van der Waals surface area contributed by atoms with Crippen molar-refractivity contribution < 1.29 is 22.3 Å². The lowest BCUT2D eigenvalue weighted by atomic mass is 10.1. The fourth-order valence-corrected chi connectivity index (χ4v) is 12.6. The lowest BCUT2D eigenvalue weighted by molar-refractivity contribution is 0.104. The number of hydrogen-bond donors (Lipinski definition) is 0. The highest BCUT2D eigenvalue weighted by molar-refractivity contribution is 7.93. The maximum atomic E-state index is 14.1. The monoisotopic (exact) mass is 574 g/mol. The molecule has 1 heterocycles. The van der Waals surface area contributed by atoms with Crippen molar-refractivity contribution in [3.8, 4) is 0 Å². The molecule has 0 bridgehead atoms. The third-order valence-corrected chi connectivity index (χ3v) is 14.9. The first-order valence-corrected chi connectivity index (χ1v) is 19.0. The number of benzene rings is 2. The van der Waals surface area contributed by atoms with E-state index in [4.69, 9.17) is 13.9 Å². The van der Waals surface area contributed by atoms with Crippen LogP contribution in [-0.4, -0.2) is 40.5 Å². The van der Waals surface area contributed by atoms with E-state index in [0.717, 1.165) is 48.5 Å². The molecule has 39 heavy (non-hydrogen) atoms. The minimum atomic E-state index is -3.76. The van der Waals surface area contributed by atoms with Crippen LogP contribution in [0.1, 0.15) is 83.8 Å². The molecule has 0 N–H and O–H groups in total. The topological polar surface area (TPSA) is 65.1 Å². The van der Waals surface area contributed by atoms with Gasteiger partial charge in [0.2, 0.25) is 14.8 Å². The Balaban J connectivity index is 1.82. The molecule has 1 aliphatic rings. The van der Waals surface area contributed by atoms with Crippen LogP contribution < -0.4 is 0 Å². The van der Waals surface area contributed by atoms with E-state index in [1.54, 1.807) is 12.1 Å². The molecule has 2 aromatic carbocycles. The zero-order chi connectivity index (χ0) is 28.4. The van der Waals surface area contributed by atoms with E-state index in [2.05, 4.69) is 27.7 Å². The molecular formula is C32H50O5SSi. The lowest BCUT2D eigenvalue weighted by Gasteiger charge is -2.35. The summed E-state index contributed by atoms with van der Waals surface area (Å²) in [6.45, 7) is 11.4. The summed E-state index contributed by atoms with van der Waals surface area (Å²) in [7, 11) is -5.77. The van der Waals surface area contributed by atoms with Gasteiger partial charge in [-0.3, -0.25) is 0 Å². The van der Waals surface area contributed by atoms with Crippen LogP contribution in [0.3, 0.4) is 0 Å². The van der Waals surface area contributed by atoms with Gasteiger partial charge >= 0.3 is 0 Å². The maximum absolute atomic E-state index is 14.1. The van der Waals surface area contributed by atoms with Gasteiger partial charge in [-0.25, -0.2) is 8.42 Å². The molecule has 1 fully saturated rings. The van der Waals surface area contributed by atoms with Gasteiger partial charge < -0.3 is 13.9 Å². The van der Waals surface area contributed by atoms with Gasteiger partial charge in [0.1, 0.15) is 6.10 Å². The van der Waals surface area contributed by atoms with Crippen LogP contribution in [0.25, 0.3) is 0 Å². The van der Waals surface area contributed by atoms with Crippen LogP contribution in [0.4, 0.5) is 0 Å². The molecule has 3 rings (SSSR count). The van der Waals surface area contributed by atoms with Crippen molar-refractivity contribution in [2.45, 2.75) is 126 Å². The zero-order valence-corrected chi connectivity index (χ0v) is 26.6. The van der Waals surface area contributed by atoms with E-state index < -0.39 is 29.2 Å². The highest BCUT2D eigenvalue weighted by Crippen LogP contribution is 2.49. The molecule has 7 heteroatoms. The average molecular weight is 575 g/mol. The van der Waals surface area contributed by atoms with Crippen molar-refractivity contribution in [2.75, 3.05) is 6.61 Å². The number of ether oxygens (including phenoxy) is 2. The van der Waals surface area contributed by atoms with E-state index in [0.29, 0.717) is 17.9 Å². The number of sulfone groups is 1. The lowest BCUT2D eigenvalue weighted by Crippen LogP contribution is -2.43. The van der Waals surface area contributed by atoms with Crippen LogP contribution in [0, 0.1) is 6.92 Å². The van der Waals surface area contributed by atoms with Gasteiger partial charge in [-0.1, -0.05) is 107 Å². The number of unbranched alkanes of at least 4 members (excludes halogenated alkanes) is 3. The minimum Gasteiger partial charge on any atom is -0.414 e. The van der Waals surface area contributed by atoms with Crippen molar-refractivity contribution in [2.24, 2.45) is 0 Å². The molecule has 1 saturated heterocycles. The molecule has 1 aliphatic heterocycles. The molecule has 0 spiro atoms. The van der Waals surface area contributed by atoms with Crippen LogP contribution in [0.15, 0.2) is 59.5 Å². The van der Waals surface area contributed by atoms with E-state index >= 15 is 0 Å². The second kappa shape index (κ2) is 14.9. The standard InChI is InChI=1S/C32H50O5SSi/c1-6-9-21-39(22-10-7-2,23-11-8-3)37-28(5)24-32(38(33,34)30-19-17-27(4)18-20-30)31(36-32)26-35-25-29-15-13-12-14-16-29/h12-20,28,31H,6-11,21-26H2,1-5H3/t28-,31-,32-/m1/s1. The molecule has 0 unspecified atom stereocenters. The third kappa shape index (κ3) is 8.49. The predicted molar refractivity (Wildman–Crippen MR) is 162 cm³/mol. The van der Waals surface area contributed by atoms with Crippen LogP contribution in [-0.2, 0) is 30.3 Å². The third-order valence-electron chi connectivity index (χ3n) is 7.92. The Kier molecular flexibility index (Phi) is 12.2. The summed E-state index contributed by atoms with van der Waals surface area (Å²) < 4.78 is 47.3. The Morgan fingerprint density at radius 1 is 0.897 bits per heavy atom. The van der Waals surface area contributed by atoms with E-state index in [1.807, 2.05) is 49.4 Å². The number of rotatable bonds is 19. The summed E-state index contributed by atoms with van der Waals surface area (Å²) in [6, 6.07) is 20.5. The van der Waals surface area contributed by atoms with Crippen molar-refractivity contribution in [3.05, 3.63) is 65.7 Å². The van der Waals surface area contributed by atoms with Gasteiger partial charge in [0, 0.05) is 12.5 Å². The van der Waals surface area contributed by atoms with Crippen molar-refractivity contribution in [1.82, 2.24) is 0 Å². The highest BCUT2D eigenvalue weighted by Gasteiger charge is 2.67. The average Bonchev–Trinajstić information content (AvgIpc) is 3.64. The van der Waals surface area contributed by atoms with Crippen LogP contribution in [0.5, 0.6) is 0 Å². The number of aryl methyl sites for hydroxylation is 1. The summed E-state index contributed by atoms with van der Waals surface area (Å²) in [5.41, 5.74) is 2.08. The van der Waals surface area contributed by atoms with Crippen LogP contribution >= 0.6 is 0 Å². The fraction of sp³-hybridized carbons (Fsp3) is 0.625. The van der Waals surface area contributed by atoms with Gasteiger partial charge in [-0.05, 0) is 49.7 Å². The van der Waals surface area contributed by atoms with Gasteiger partial charge in [-0.2, -0.15) is 0 Å². The molecule has 2 aromatic rings. The second-order valence-electron chi connectivity index (χ2n) is 11.4. The first kappa shape index (κ1) is 32.0. The molecule has 0 saturated carbocycles. The summed E-state index contributed by atoms with van der Waals surface area (Å²) in [4.78, 5) is -1.02. The SMILES string of the molecule is CCCC[Si](CCCC)(CCCC)O[C@H](C)C[C@]1(S(=O)(=O)c2ccc(C)cc2)O[C@@H]1COCc1ccccc1. The molecule has 218 valence electrons. The molecule has 0 radical (unpaired) electrons. The number of epoxide rings is 1. The van der Waals surface area contributed by atoms with Gasteiger partial charge in [0.25, 0.3) is 0 Å². The van der Waals surface area contributed by atoms with Crippen LogP contribution in [0.2, 0.25) is 18.1 Å². The molecule has 5 nitrogen and oxygen atoms in total. The first-order valence-electron chi connectivity index (χ1n) is 15.0. The Hall–Kier alpha value is -1.51. The Morgan fingerprint density at radius 2 is 1.46 bits per heavy atom. The number of hydrogen-bond acceptors (Lipinski definition) is 5. The summed E-state index contributed by atoms with van der Waals surface area (Å²) in [6.07, 6.45) is 6.57. The summed E-state index contributed by atoms with van der Waals surface area (Å²) >= 11 is 0. The van der Waals surface area contributed by atoms with Crippen molar-refractivity contribution in [3.63, 3.8) is 0 Å². The minimum absolute atomic E-state index is 0.207. The van der Waals surface area contributed by atoms with Crippen molar-refractivity contribution >= 4 is 18.2 Å². The molecule has 0 aromatic heterocycles. The van der Waals surface area contributed by atoms with Crippen molar-refractivity contribution in [1.29, 1.82) is 0 Å². The van der Waals surface area contributed by atoms with Gasteiger partial charge in [0.15, 0.2) is 8.32 Å². The fourth-order valence-electron chi connectivity index (χ4n) is 5.59. The highest BCUT2D eigenvalue weighted by atomic mass is 32.2.